The van der Waals surface area contributed by atoms with Crippen LogP contribution in [0.3, 0.4) is 0 Å². The molecule has 0 saturated carbocycles. The summed E-state index contributed by atoms with van der Waals surface area (Å²) in [6.07, 6.45) is -3.57. The predicted octanol–water partition coefficient (Wildman–Crippen LogP) is 4.49. The Kier molecular flexibility index (Phi) is 4.49. The van der Waals surface area contributed by atoms with Gasteiger partial charge < -0.3 is 5.32 Å². The van der Waals surface area contributed by atoms with Gasteiger partial charge in [0.25, 0.3) is 0 Å². The third-order valence-corrected chi connectivity index (χ3v) is 3.08. The van der Waals surface area contributed by atoms with Crippen molar-refractivity contribution >= 4 is 17.4 Å². The molecule has 1 atom stereocenters. The fourth-order valence-corrected chi connectivity index (χ4v) is 1.98. The number of halogens is 4. The fourth-order valence-electron chi connectivity index (χ4n) is 1.72. The number of benzene rings is 1. The molecule has 0 amide bonds. The summed E-state index contributed by atoms with van der Waals surface area (Å²) in [7, 11) is 0. The minimum absolute atomic E-state index is 0.206. The third kappa shape index (κ3) is 3.63. The molecule has 0 spiro atoms. The standard InChI is InChI=1S/C14H12ClF3N2/c15-8-12(10-4-2-1-3-5-10)20-13-7-6-11(9-19-13)14(16,17)18/h1-7,9,12H,8H2,(H,19,20). The Hall–Kier alpha value is -1.75. The first-order valence-electron chi connectivity index (χ1n) is 5.91. The lowest BCUT2D eigenvalue weighted by Gasteiger charge is -2.17. The molecule has 2 rings (SSSR count). The minimum Gasteiger partial charge on any atom is -0.362 e. The van der Waals surface area contributed by atoms with Crippen LogP contribution in [0.15, 0.2) is 48.7 Å². The van der Waals surface area contributed by atoms with Crippen LogP contribution in [0.25, 0.3) is 0 Å². The molecular weight excluding hydrogens is 289 g/mol. The van der Waals surface area contributed by atoms with E-state index in [1.54, 1.807) is 0 Å². The van der Waals surface area contributed by atoms with E-state index in [4.69, 9.17) is 11.6 Å². The zero-order chi connectivity index (χ0) is 14.6. The van der Waals surface area contributed by atoms with Gasteiger partial charge in [-0.05, 0) is 17.7 Å². The van der Waals surface area contributed by atoms with E-state index in [1.807, 2.05) is 30.3 Å². The van der Waals surface area contributed by atoms with E-state index in [-0.39, 0.29) is 11.9 Å². The number of hydrogen-bond donors (Lipinski definition) is 1. The maximum absolute atomic E-state index is 12.4. The summed E-state index contributed by atoms with van der Waals surface area (Å²) in [5.41, 5.74) is 0.175. The van der Waals surface area contributed by atoms with E-state index < -0.39 is 11.7 Å². The Morgan fingerprint density at radius 2 is 1.80 bits per heavy atom. The molecule has 0 bridgehead atoms. The summed E-state index contributed by atoms with van der Waals surface area (Å²) < 4.78 is 37.3. The van der Waals surface area contributed by atoms with Gasteiger partial charge >= 0.3 is 6.18 Å². The zero-order valence-corrected chi connectivity index (χ0v) is 11.1. The minimum atomic E-state index is -4.38. The molecule has 2 aromatic rings. The predicted molar refractivity (Wildman–Crippen MR) is 72.8 cm³/mol. The lowest BCUT2D eigenvalue weighted by Crippen LogP contribution is -2.14. The monoisotopic (exact) mass is 300 g/mol. The van der Waals surface area contributed by atoms with Gasteiger partial charge in [-0.15, -0.1) is 11.6 Å². The van der Waals surface area contributed by atoms with E-state index >= 15 is 0 Å². The number of pyridine rings is 1. The SMILES string of the molecule is FC(F)(F)c1ccc(NC(CCl)c2ccccc2)nc1. The highest BCUT2D eigenvalue weighted by molar-refractivity contribution is 6.18. The Bertz CT molecular complexity index is 541. The fraction of sp³-hybridized carbons (Fsp3) is 0.214. The van der Waals surface area contributed by atoms with Crippen LogP contribution < -0.4 is 5.32 Å². The maximum Gasteiger partial charge on any atom is 0.417 e. The molecule has 1 unspecified atom stereocenters. The molecule has 0 aliphatic rings. The van der Waals surface area contributed by atoms with Crippen molar-refractivity contribution in [3.05, 3.63) is 59.8 Å². The van der Waals surface area contributed by atoms with Gasteiger partial charge in [0.2, 0.25) is 0 Å². The van der Waals surface area contributed by atoms with Crippen LogP contribution in [0.4, 0.5) is 19.0 Å². The molecule has 6 heteroatoms. The molecule has 0 saturated heterocycles. The largest absolute Gasteiger partial charge is 0.417 e. The first-order valence-corrected chi connectivity index (χ1v) is 6.45. The molecule has 20 heavy (non-hydrogen) atoms. The summed E-state index contributed by atoms with van der Waals surface area (Å²) in [5, 5.41) is 3.01. The molecule has 2 nitrogen and oxygen atoms in total. The van der Waals surface area contributed by atoms with Crippen molar-refractivity contribution in [2.45, 2.75) is 12.2 Å². The van der Waals surface area contributed by atoms with E-state index in [0.717, 1.165) is 17.8 Å². The Morgan fingerprint density at radius 1 is 1.10 bits per heavy atom. The van der Waals surface area contributed by atoms with Gasteiger partial charge in [-0.1, -0.05) is 30.3 Å². The van der Waals surface area contributed by atoms with Crippen LogP contribution in [0, 0.1) is 0 Å². The second-order valence-electron chi connectivity index (χ2n) is 4.19. The number of aromatic nitrogens is 1. The molecule has 1 aromatic heterocycles. The van der Waals surface area contributed by atoms with Crippen molar-refractivity contribution in [3.8, 4) is 0 Å². The highest BCUT2D eigenvalue weighted by Gasteiger charge is 2.30. The molecule has 0 radical (unpaired) electrons. The molecular formula is C14H12ClF3N2. The summed E-state index contributed by atoms with van der Waals surface area (Å²) in [4.78, 5) is 3.77. The molecule has 1 heterocycles. The van der Waals surface area contributed by atoms with E-state index in [2.05, 4.69) is 10.3 Å². The topological polar surface area (TPSA) is 24.9 Å². The van der Waals surface area contributed by atoms with Gasteiger partial charge in [0.05, 0.1) is 11.6 Å². The second-order valence-corrected chi connectivity index (χ2v) is 4.50. The van der Waals surface area contributed by atoms with Crippen LogP contribution in [0.5, 0.6) is 0 Å². The van der Waals surface area contributed by atoms with Gasteiger partial charge in [-0.25, -0.2) is 4.98 Å². The van der Waals surface area contributed by atoms with Crippen LogP contribution in [-0.2, 0) is 6.18 Å². The summed E-state index contributed by atoms with van der Waals surface area (Å²) in [6.45, 7) is 0. The molecule has 0 aliphatic carbocycles. The molecule has 0 fully saturated rings. The number of nitrogens with zero attached hydrogens (tertiary/aromatic N) is 1. The van der Waals surface area contributed by atoms with Crippen LogP contribution >= 0.6 is 11.6 Å². The normalized spacial score (nSPS) is 13.0. The van der Waals surface area contributed by atoms with Crippen molar-refractivity contribution in [1.29, 1.82) is 0 Å². The van der Waals surface area contributed by atoms with Crippen LogP contribution in [0.2, 0.25) is 0 Å². The number of alkyl halides is 4. The lowest BCUT2D eigenvalue weighted by molar-refractivity contribution is -0.137. The second kappa shape index (κ2) is 6.13. The maximum atomic E-state index is 12.4. The summed E-state index contributed by atoms with van der Waals surface area (Å²) >= 11 is 5.89. The Balaban J connectivity index is 2.13. The van der Waals surface area contributed by atoms with Crippen LogP contribution in [-0.4, -0.2) is 10.9 Å². The Labute approximate surface area is 119 Å². The van der Waals surface area contributed by atoms with E-state index in [9.17, 15) is 13.2 Å². The Morgan fingerprint density at radius 3 is 2.30 bits per heavy atom. The lowest BCUT2D eigenvalue weighted by atomic mass is 10.1. The van der Waals surface area contributed by atoms with Gasteiger partial charge in [-0.3, -0.25) is 0 Å². The highest BCUT2D eigenvalue weighted by atomic mass is 35.5. The molecule has 1 N–H and O–H groups in total. The van der Waals surface area contributed by atoms with Gasteiger partial charge in [0, 0.05) is 12.1 Å². The van der Waals surface area contributed by atoms with Crippen LogP contribution in [0.1, 0.15) is 17.2 Å². The number of rotatable bonds is 4. The van der Waals surface area contributed by atoms with Crippen molar-refractivity contribution in [3.63, 3.8) is 0 Å². The number of nitrogens with one attached hydrogen (secondary N) is 1. The average molecular weight is 301 g/mol. The number of anilines is 1. The zero-order valence-electron chi connectivity index (χ0n) is 10.4. The smallest absolute Gasteiger partial charge is 0.362 e. The van der Waals surface area contributed by atoms with Gasteiger partial charge in [0.15, 0.2) is 0 Å². The third-order valence-electron chi connectivity index (χ3n) is 2.77. The van der Waals surface area contributed by atoms with Gasteiger partial charge in [-0.2, -0.15) is 13.2 Å². The molecule has 0 aliphatic heterocycles. The summed E-state index contributed by atoms with van der Waals surface area (Å²) in [5.74, 6) is 0.639. The van der Waals surface area contributed by atoms with Crippen molar-refractivity contribution in [1.82, 2.24) is 4.98 Å². The van der Waals surface area contributed by atoms with E-state index in [0.29, 0.717) is 5.82 Å². The molecule has 1 aromatic carbocycles. The molecule has 106 valence electrons. The van der Waals surface area contributed by atoms with Crippen molar-refractivity contribution in [2.75, 3.05) is 11.2 Å². The first kappa shape index (κ1) is 14.7. The average Bonchev–Trinajstić information content (AvgIpc) is 2.45. The van der Waals surface area contributed by atoms with Crippen molar-refractivity contribution in [2.24, 2.45) is 0 Å². The van der Waals surface area contributed by atoms with E-state index in [1.165, 1.54) is 6.07 Å². The van der Waals surface area contributed by atoms with Gasteiger partial charge in [0.1, 0.15) is 5.82 Å². The first-order chi connectivity index (χ1) is 9.50. The summed E-state index contributed by atoms with van der Waals surface area (Å²) in [6, 6.07) is 11.5. The highest BCUT2D eigenvalue weighted by Crippen LogP contribution is 2.29. The number of hydrogen-bond acceptors (Lipinski definition) is 2. The quantitative estimate of drug-likeness (QED) is 0.841. The van der Waals surface area contributed by atoms with Crippen molar-refractivity contribution < 1.29 is 13.2 Å².